The second-order valence-corrected chi connectivity index (χ2v) is 6.96. The van der Waals surface area contributed by atoms with Gasteiger partial charge in [-0.3, -0.25) is 0 Å². The van der Waals surface area contributed by atoms with E-state index >= 15 is 0 Å². The predicted octanol–water partition coefficient (Wildman–Crippen LogP) is 3.45. The fraction of sp³-hybridized carbons (Fsp3) is 0.769. The van der Waals surface area contributed by atoms with E-state index in [0.717, 1.165) is 17.1 Å². The molecule has 2 nitrogen and oxygen atoms in total. The molecule has 0 saturated heterocycles. The third-order valence-electron chi connectivity index (χ3n) is 3.97. The third-order valence-corrected chi connectivity index (χ3v) is 5.12. The van der Waals surface area contributed by atoms with Crippen LogP contribution in [0.5, 0.6) is 0 Å². The Hall–Kier alpha value is -0.410. The number of thiazole rings is 1. The van der Waals surface area contributed by atoms with Crippen molar-refractivity contribution in [2.75, 3.05) is 0 Å². The van der Waals surface area contributed by atoms with Crippen LogP contribution in [0, 0.1) is 18.3 Å². The number of hydrogen-bond acceptors (Lipinski definition) is 3. The largest absolute Gasteiger partial charge is 0.319 e. The fourth-order valence-electron chi connectivity index (χ4n) is 2.79. The van der Waals surface area contributed by atoms with Gasteiger partial charge in [0.1, 0.15) is 5.01 Å². The summed E-state index contributed by atoms with van der Waals surface area (Å²) in [5.41, 5.74) is 7.96. The lowest BCUT2D eigenvalue weighted by molar-refractivity contribution is 0.101. The molecule has 16 heavy (non-hydrogen) atoms. The lowest BCUT2D eigenvalue weighted by Gasteiger charge is -2.45. The maximum atomic E-state index is 6.61. The normalized spacial score (nSPS) is 33.9. The summed E-state index contributed by atoms with van der Waals surface area (Å²) >= 11 is 1.72. The summed E-state index contributed by atoms with van der Waals surface area (Å²) in [4.78, 5) is 4.60. The van der Waals surface area contributed by atoms with Crippen LogP contribution in [0.4, 0.5) is 0 Å². The summed E-state index contributed by atoms with van der Waals surface area (Å²) in [6.45, 7) is 9.00. The topological polar surface area (TPSA) is 38.9 Å². The van der Waals surface area contributed by atoms with Crippen molar-refractivity contribution in [1.29, 1.82) is 0 Å². The van der Waals surface area contributed by atoms with E-state index in [9.17, 15) is 0 Å². The van der Waals surface area contributed by atoms with Gasteiger partial charge in [0.2, 0.25) is 0 Å². The Bertz CT molecular complexity index is 383. The summed E-state index contributed by atoms with van der Waals surface area (Å²) in [5, 5.41) is 3.24. The zero-order chi connectivity index (χ0) is 12.0. The van der Waals surface area contributed by atoms with Crippen LogP contribution in [-0.4, -0.2) is 4.98 Å². The summed E-state index contributed by atoms with van der Waals surface area (Å²) in [6, 6.07) is 0. The first-order valence-electron chi connectivity index (χ1n) is 6.05. The molecule has 1 saturated carbocycles. The average molecular weight is 238 g/mol. The zero-order valence-corrected chi connectivity index (χ0v) is 11.5. The van der Waals surface area contributed by atoms with Gasteiger partial charge in [0.05, 0.1) is 5.54 Å². The van der Waals surface area contributed by atoms with E-state index < -0.39 is 0 Å². The Kier molecular flexibility index (Phi) is 2.87. The molecule has 1 aliphatic rings. The van der Waals surface area contributed by atoms with Crippen molar-refractivity contribution in [3.05, 3.63) is 16.1 Å². The van der Waals surface area contributed by atoms with Crippen LogP contribution in [0.25, 0.3) is 0 Å². The van der Waals surface area contributed by atoms with Gasteiger partial charge in [-0.25, -0.2) is 4.98 Å². The van der Waals surface area contributed by atoms with Crippen molar-refractivity contribution >= 4 is 11.3 Å². The van der Waals surface area contributed by atoms with Crippen LogP contribution in [0.2, 0.25) is 0 Å². The van der Waals surface area contributed by atoms with Gasteiger partial charge in [0, 0.05) is 11.1 Å². The van der Waals surface area contributed by atoms with Crippen LogP contribution < -0.4 is 5.73 Å². The Labute approximate surface area is 102 Å². The number of nitrogens with two attached hydrogens (primary N) is 1. The molecule has 1 heterocycles. The Morgan fingerprint density at radius 3 is 2.62 bits per heavy atom. The Balaban J connectivity index is 2.26. The highest BCUT2D eigenvalue weighted by molar-refractivity contribution is 7.09. The molecule has 1 aromatic rings. The molecule has 2 atom stereocenters. The molecule has 90 valence electrons. The van der Waals surface area contributed by atoms with Gasteiger partial charge in [-0.05, 0) is 37.5 Å². The van der Waals surface area contributed by atoms with Crippen LogP contribution in [-0.2, 0) is 5.54 Å². The van der Waals surface area contributed by atoms with Gasteiger partial charge in [0.25, 0.3) is 0 Å². The molecule has 0 aromatic carbocycles. The first kappa shape index (κ1) is 12.1. The minimum atomic E-state index is -0.186. The zero-order valence-electron chi connectivity index (χ0n) is 10.7. The van der Waals surface area contributed by atoms with Gasteiger partial charge in [-0.2, -0.15) is 0 Å². The third kappa shape index (κ3) is 2.03. The average Bonchev–Trinajstić information content (AvgIpc) is 2.59. The summed E-state index contributed by atoms with van der Waals surface area (Å²) in [6.07, 6.45) is 3.46. The molecule has 1 aliphatic carbocycles. The molecule has 2 N–H and O–H groups in total. The molecule has 0 amide bonds. The van der Waals surface area contributed by atoms with Crippen molar-refractivity contribution in [3.63, 3.8) is 0 Å². The van der Waals surface area contributed by atoms with Crippen LogP contribution in [0.1, 0.15) is 50.7 Å². The second-order valence-electron chi connectivity index (χ2n) is 6.10. The predicted molar refractivity (Wildman–Crippen MR) is 69.5 cm³/mol. The quantitative estimate of drug-likeness (QED) is 0.814. The highest BCUT2D eigenvalue weighted by Crippen LogP contribution is 2.47. The van der Waals surface area contributed by atoms with E-state index in [1.165, 1.54) is 12.8 Å². The Morgan fingerprint density at radius 1 is 1.44 bits per heavy atom. The molecular weight excluding hydrogens is 216 g/mol. The maximum absolute atomic E-state index is 6.61. The van der Waals surface area contributed by atoms with E-state index in [4.69, 9.17) is 5.73 Å². The minimum absolute atomic E-state index is 0.186. The minimum Gasteiger partial charge on any atom is -0.319 e. The van der Waals surface area contributed by atoms with Gasteiger partial charge in [0.15, 0.2) is 0 Å². The van der Waals surface area contributed by atoms with Crippen molar-refractivity contribution in [1.82, 2.24) is 4.98 Å². The summed E-state index contributed by atoms with van der Waals surface area (Å²) in [7, 11) is 0. The van der Waals surface area contributed by atoms with Crippen molar-refractivity contribution in [3.8, 4) is 0 Å². The molecule has 1 aromatic heterocycles. The smallest absolute Gasteiger partial charge is 0.113 e. The first-order valence-corrected chi connectivity index (χ1v) is 6.93. The van der Waals surface area contributed by atoms with E-state index in [2.05, 4.69) is 31.1 Å². The number of rotatable bonds is 1. The first-order chi connectivity index (χ1) is 7.33. The van der Waals surface area contributed by atoms with Crippen molar-refractivity contribution in [2.45, 2.75) is 52.5 Å². The van der Waals surface area contributed by atoms with Crippen LogP contribution in [0.15, 0.2) is 5.38 Å². The number of aryl methyl sites for hydroxylation is 1. The second kappa shape index (κ2) is 3.81. The van der Waals surface area contributed by atoms with Gasteiger partial charge < -0.3 is 5.73 Å². The molecule has 2 unspecified atom stereocenters. The fourth-order valence-corrected chi connectivity index (χ4v) is 3.84. The van der Waals surface area contributed by atoms with E-state index in [1.807, 2.05) is 6.92 Å². The number of hydrogen-bond donors (Lipinski definition) is 1. The van der Waals surface area contributed by atoms with Crippen molar-refractivity contribution < 1.29 is 0 Å². The SMILES string of the molecule is Cc1csc(C2(N)CCC(C)(C)CC2C)n1. The molecule has 0 spiro atoms. The van der Waals surface area contributed by atoms with E-state index in [-0.39, 0.29) is 5.54 Å². The lowest BCUT2D eigenvalue weighted by atomic mass is 9.64. The molecule has 3 heteroatoms. The highest BCUT2D eigenvalue weighted by Gasteiger charge is 2.43. The van der Waals surface area contributed by atoms with Gasteiger partial charge in [-0.1, -0.05) is 20.8 Å². The summed E-state index contributed by atoms with van der Waals surface area (Å²) in [5.74, 6) is 0.516. The monoisotopic (exact) mass is 238 g/mol. The van der Waals surface area contributed by atoms with Crippen molar-refractivity contribution in [2.24, 2.45) is 17.1 Å². The molecule has 0 aliphatic heterocycles. The van der Waals surface area contributed by atoms with Crippen LogP contribution >= 0.6 is 11.3 Å². The molecule has 2 rings (SSSR count). The van der Waals surface area contributed by atoms with E-state index in [1.54, 1.807) is 11.3 Å². The molecule has 0 bridgehead atoms. The molecule has 0 radical (unpaired) electrons. The molecular formula is C13H22N2S. The number of aromatic nitrogens is 1. The molecule has 1 fully saturated rings. The highest BCUT2D eigenvalue weighted by atomic mass is 32.1. The van der Waals surface area contributed by atoms with Crippen LogP contribution in [0.3, 0.4) is 0 Å². The maximum Gasteiger partial charge on any atom is 0.113 e. The number of nitrogens with zero attached hydrogens (tertiary/aromatic N) is 1. The standard InChI is InChI=1S/C13H22N2S/c1-9-7-12(3,4)5-6-13(9,14)11-15-10(2)8-16-11/h8-9H,5-7,14H2,1-4H3. The lowest BCUT2D eigenvalue weighted by Crippen LogP contribution is -2.48. The van der Waals surface area contributed by atoms with E-state index in [0.29, 0.717) is 11.3 Å². The Morgan fingerprint density at radius 2 is 2.12 bits per heavy atom. The summed E-state index contributed by atoms with van der Waals surface area (Å²) < 4.78 is 0. The van der Waals surface area contributed by atoms with Gasteiger partial charge in [-0.15, -0.1) is 11.3 Å². The van der Waals surface area contributed by atoms with Gasteiger partial charge >= 0.3 is 0 Å².